The molecule has 0 aliphatic rings. The van der Waals surface area contributed by atoms with Crippen molar-refractivity contribution in [2.24, 2.45) is 0 Å². The van der Waals surface area contributed by atoms with Crippen LogP contribution in [0.1, 0.15) is 59.9 Å². The Hall–Kier alpha value is -3.66. The van der Waals surface area contributed by atoms with E-state index in [1.54, 1.807) is 35.2 Å². The number of hydrogen-bond acceptors (Lipinski definition) is 5. The number of nitriles is 1. The summed E-state index contributed by atoms with van der Waals surface area (Å²) in [6, 6.07) is 10.5. The predicted molar refractivity (Wildman–Crippen MR) is 127 cm³/mol. The number of carbonyl (C=O) groups excluding carboxylic acids is 2. The van der Waals surface area contributed by atoms with E-state index in [-0.39, 0.29) is 17.9 Å². The van der Waals surface area contributed by atoms with Gasteiger partial charge in [-0.05, 0) is 63.4 Å². The van der Waals surface area contributed by atoms with Crippen molar-refractivity contribution < 1.29 is 9.59 Å². The van der Waals surface area contributed by atoms with Gasteiger partial charge in [-0.1, -0.05) is 19.1 Å². The molecule has 0 spiro atoms. The molecule has 1 aromatic heterocycles. The summed E-state index contributed by atoms with van der Waals surface area (Å²) in [5.74, 6) is 0.188. The summed E-state index contributed by atoms with van der Waals surface area (Å²) in [5, 5.41) is 15.6. The van der Waals surface area contributed by atoms with Gasteiger partial charge in [0.25, 0.3) is 11.8 Å². The van der Waals surface area contributed by atoms with E-state index in [0.29, 0.717) is 29.9 Å². The number of aromatic nitrogens is 1. The molecule has 168 valence electrons. The first-order chi connectivity index (χ1) is 15.3. The molecule has 0 radical (unpaired) electrons. The molecule has 0 fully saturated rings. The van der Waals surface area contributed by atoms with Gasteiger partial charge in [0, 0.05) is 30.0 Å². The van der Waals surface area contributed by atoms with Crippen LogP contribution in [-0.2, 0) is 0 Å². The molecule has 1 atom stereocenters. The fourth-order valence-electron chi connectivity index (χ4n) is 3.19. The van der Waals surface area contributed by atoms with Gasteiger partial charge >= 0.3 is 0 Å². The third-order valence-corrected chi connectivity index (χ3v) is 4.83. The van der Waals surface area contributed by atoms with Crippen LogP contribution in [-0.4, -0.2) is 40.3 Å². The van der Waals surface area contributed by atoms with Crippen LogP contribution in [0, 0.1) is 18.3 Å². The molecule has 0 aliphatic heterocycles. The Morgan fingerprint density at radius 2 is 1.97 bits per heavy atom. The van der Waals surface area contributed by atoms with Crippen molar-refractivity contribution in [3.8, 4) is 6.07 Å². The van der Waals surface area contributed by atoms with Gasteiger partial charge in [0.15, 0.2) is 0 Å². The van der Waals surface area contributed by atoms with E-state index in [9.17, 15) is 14.9 Å². The zero-order valence-electron chi connectivity index (χ0n) is 19.2. The van der Waals surface area contributed by atoms with Crippen molar-refractivity contribution in [2.45, 2.75) is 52.6 Å². The quantitative estimate of drug-likeness (QED) is 0.534. The lowest BCUT2D eigenvalue weighted by molar-refractivity contribution is 0.0718. The average Bonchev–Trinajstić information content (AvgIpc) is 2.77. The highest BCUT2D eigenvalue weighted by Crippen LogP contribution is 2.23. The molecule has 0 saturated carbocycles. The number of carbonyl (C=O) groups is 2. The third kappa shape index (κ3) is 6.42. The molecule has 2 aromatic rings. The molecule has 1 unspecified atom stereocenters. The highest BCUT2D eigenvalue weighted by Gasteiger charge is 2.23. The van der Waals surface area contributed by atoms with E-state index >= 15 is 0 Å². The second-order valence-corrected chi connectivity index (χ2v) is 7.88. The Bertz CT molecular complexity index is 992. The van der Waals surface area contributed by atoms with Crippen LogP contribution >= 0.6 is 0 Å². The topological polar surface area (TPSA) is 98.1 Å². The van der Waals surface area contributed by atoms with Crippen LogP contribution in [0.2, 0.25) is 0 Å². The highest BCUT2D eigenvalue weighted by molar-refractivity contribution is 5.96. The lowest BCUT2D eigenvalue weighted by Gasteiger charge is -2.26. The summed E-state index contributed by atoms with van der Waals surface area (Å²) in [6.45, 7) is 11.9. The van der Waals surface area contributed by atoms with Crippen molar-refractivity contribution in [3.63, 3.8) is 0 Å². The number of nitrogens with one attached hydrogen (secondary N) is 2. The summed E-state index contributed by atoms with van der Waals surface area (Å²) in [5.41, 5.74) is 2.64. The maximum absolute atomic E-state index is 13.2. The van der Waals surface area contributed by atoms with Gasteiger partial charge in [-0.25, -0.2) is 4.98 Å². The number of amides is 2. The Morgan fingerprint density at radius 1 is 1.25 bits per heavy atom. The van der Waals surface area contributed by atoms with Gasteiger partial charge in [-0.2, -0.15) is 5.26 Å². The Balaban J connectivity index is 2.25. The van der Waals surface area contributed by atoms with Crippen molar-refractivity contribution in [1.82, 2.24) is 15.2 Å². The first kappa shape index (κ1) is 24.6. The number of rotatable bonds is 10. The number of benzene rings is 1. The van der Waals surface area contributed by atoms with E-state index in [4.69, 9.17) is 0 Å². The maximum atomic E-state index is 13.2. The largest absolute Gasteiger partial charge is 0.350 e. The average molecular weight is 434 g/mol. The molecular formula is C25H31N5O2. The minimum atomic E-state index is -0.552. The van der Waals surface area contributed by atoms with Crippen molar-refractivity contribution >= 4 is 23.3 Å². The first-order valence-corrected chi connectivity index (χ1v) is 10.8. The molecule has 0 aliphatic carbocycles. The van der Waals surface area contributed by atoms with Gasteiger partial charge in [-0.3, -0.25) is 9.59 Å². The molecule has 7 nitrogen and oxygen atoms in total. The SMILES string of the molecule is C=CCC(C#N)N(CCC)C(=O)c1ccc(C)c(Nc2ccc(C(=O)NC(C)C)cn2)c1. The molecule has 2 amide bonds. The number of aryl methyl sites for hydroxylation is 1. The van der Waals surface area contributed by atoms with E-state index in [1.807, 2.05) is 33.8 Å². The Morgan fingerprint density at radius 3 is 2.53 bits per heavy atom. The molecule has 0 saturated heterocycles. The Kier molecular flexibility index (Phi) is 8.96. The molecule has 2 N–H and O–H groups in total. The number of pyridine rings is 1. The zero-order valence-corrected chi connectivity index (χ0v) is 19.2. The van der Waals surface area contributed by atoms with Gasteiger partial charge in [0.2, 0.25) is 0 Å². The van der Waals surface area contributed by atoms with E-state index in [1.165, 1.54) is 6.20 Å². The van der Waals surface area contributed by atoms with Crippen molar-refractivity contribution in [1.29, 1.82) is 5.26 Å². The normalized spacial score (nSPS) is 11.4. The van der Waals surface area contributed by atoms with Gasteiger partial charge < -0.3 is 15.5 Å². The summed E-state index contributed by atoms with van der Waals surface area (Å²) < 4.78 is 0. The van der Waals surface area contributed by atoms with Crippen LogP contribution in [0.5, 0.6) is 0 Å². The fourth-order valence-corrected chi connectivity index (χ4v) is 3.19. The summed E-state index contributed by atoms with van der Waals surface area (Å²) in [4.78, 5) is 31.2. The van der Waals surface area contributed by atoms with Crippen molar-refractivity contribution in [2.75, 3.05) is 11.9 Å². The lowest BCUT2D eigenvalue weighted by atomic mass is 10.1. The molecule has 1 heterocycles. The van der Waals surface area contributed by atoms with Gasteiger partial charge in [0.1, 0.15) is 11.9 Å². The smallest absolute Gasteiger partial charge is 0.255 e. The van der Waals surface area contributed by atoms with Crippen LogP contribution < -0.4 is 10.6 Å². The van der Waals surface area contributed by atoms with Crippen LogP contribution in [0.4, 0.5) is 11.5 Å². The highest BCUT2D eigenvalue weighted by atomic mass is 16.2. The molecule has 1 aromatic carbocycles. The first-order valence-electron chi connectivity index (χ1n) is 10.8. The van der Waals surface area contributed by atoms with Crippen LogP contribution in [0.3, 0.4) is 0 Å². The maximum Gasteiger partial charge on any atom is 0.255 e. The standard InChI is InChI=1S/C25H31N5O2/c1-6-8-21(15-26)30(13-7-2)25(32)19-10-9-18(5)22(14-19)29-23-12-11-20(16-27-23)24(31)28-17(3)4/h6,9-12,14,16-17,21H,1,7-8,13H2,2-5H3,(H,27,29)(H,28,31). The summed E-state index contributed by atoms with van der Waals surface area (Å²) >= 11 is 0. The summed E-state index contributed by atoms with van der Waals surface area (Å²) in [7, 11) is 0. The number of hydrogen-bond donors (Lipinski definition) is 2. The van der Waals surface area contributed by atoms with Gasteiger partial charge in [-0.15, -0.1) is 6.58 Å². The predicted octanol–water partition coefficient (Wildman–Crippen LogP) is 4.59. The van der Waals surface area contributed by atoms with E-state index in [2.05, 4.69) is 28.3 Å². The molecular weight excluding hydrogens is 402 g/mol. The van der Waals surface area contributed by atoms with Crippen LogP contribution in [0.15, 0.2) is 49.2 Å². The van der Waals surface area contributed by atoms with E-state index in [0.717, 1.165) is 17.7 Å². The lowest BCUT2D eigenvalue weighted by Crippen LogP contribution is -2.40. The van der Waals surface area contributed by atoms with Gasteiger partial charge in [0.05, 0.1) is 11.6 Å². The minimum absolute atomic E-state index is 0.0441. The number of nitrogens with zero attached hydrogens (tertiary/aromatic N) is 3. The fraction of sp³-hybridized carbons (Fsp3) is 0.360. The second kappa shape index (κ2) is 11.7. The summed E-state index contributed by atoms with van der Waals surface area (Å²) in [6.07, 6.45) is 4.33. The number of anilines is 2. The molecule has 7 heteroatoms. The van der Waals surface area contributed by atoms with E-state index < -0.39 is 6.04 Å². The van der Waals surface area contributed by atoms with Crippen molar-refractivity contribution in [3.05, 3.63) is 65.9 Å². The van der Waals surface area contributed by atoms with Crippen LogP contribution in [0.25, 0.3) is 0 Å². The minimum Gasteiger partial charge on any atom is -0.350 e. The third-order valence-electron chi connectivity index (χ3n) is 4.83. The zero-order chi connectivity index (χ0) is 23.7. The second-order valence-electron chi connectivity index (χ2n) is 7.88. The molecule has 0 bridgehead atoms. The Labute approximate surface area is 190 Å². The molecule has 32 heavy (non-hydrogen) atoms. The monoisotopic (exact) mass is 433 g/mol. The molecule has 2 rings (SSSR count).